The molecule has 2 aromatic heterocycles. The molecule has 0 unspecified atom stereocenters. The summed E-state index contributed by atoms with van der Waals surface area (Å²) in [4.78, 5) is 14.1. The first kappa shape index (κ1) is 23.5. The molecule has 4 rings (SSSR count). The summed E-state index contributed by atoms with van der Waals surface area (Å²) in [6.07, 6.45) is 5.25. The van der Waals surface area contributed by atoms with Crippen molar-refractivity contribution < 1.29 is 14.6 Å². The SMILES string of the molecule is C[C@@H](C1CCN(C(=O)OC(C)(C)C)CC1)n1cc(-c2cc(-c3ccccc3O)nnc2N)cn1. The Morgan fingerprint density at radius 2 is 1.88 bits per heavy atom. The molecular formula is C25H32N6O3. The van der Waals surface area contributed by atoms with E-state index in [0.717, 1.165) is 18.4 Å². The second-order valence-corrected chi connectivity index (χ2v) is 9.80. The number of aromatic hydroxyl groups is 1. The zero-order chi connectivity index (χ0) is 24.5. The first-order valence-electron chi connectivity index (χ1n) is 11.6. The Hall–Kier alpha value is -3.62. The van der Waals surface area contributed by atoms with Crippen LogP contribution in [0.1, 0.15) is 46.6 Å². The van der Waals surface area contributed by atoms with Crippen molar-refractivity contribution in [3.05, 3.63) is 42.7 Å². The van der Waals surface area contributed by atoms with Crippen molar-refractivity contribution in [3.8, 4) is 28.1 Å². The van der Waals surface area contributed by atoms with Crippen LogP contribution in [0.15, 0.2) is 42.7 Å². The lowest BCUT2D eigenvalue weighted by Crippen LogP contribution is -2.42. The predicted molar refractivity (Wildman–Crippen MR) is 130 cm³/mol. The molecule has 0 radical (unpaired) electrons. The van der Waals surface area contributed by atoms with Gasteiger partial charge in [0.1, 0.15) is 11.4 Å². The Kier molecular flexibility index (Phi) is 6.45. The first-order valence-corrected chi connectivity index (χ1v) is 11.6. The van der Waals surface area contributed by atoms with Crippen molar-refractivity contribution in [2.45, 2.75) is 52.2 Å². The number of benzene rings is 1. The first-order chi connectivity index (χ1) is 16.1. The number of nitrogens with two attached hydrogens (primary N) is 1. The van der Waals surface area contributed by atoms with Crippen molar-refractivity contribution in [1.29, 1.82) is 0 Å². The third kappa shape index (κ3) is 5.13. The Morgan fingerprint density at radius 1 is 1.18 bits per heavy atom. The average molecular weight is 465 g/mol. The standard InChI is InChI=1S/C25H32N6O3/c1-16(17-9-11-30(12-10-17)24(33)34-25(2,3)4)31-15-18(14-27-31)20-13-21(28-29-23(20)26)19-7-5-6-8-22(19)32/h5-8,13-17,32H,9-12H2,1-4H3,(H2,26,29)/t16-/m0/s1. The zero-order valence-electron chi connectivity index (χ0n) is 20.1. The molecule has 9 nitrogen and oxygen atoms in total. The maximum atomic E-state index is 12.4. The number of phenolic OH excluding ortho intramolecular Hbond substituents is 1. The van der Waals surface area contributed by atoms with Gasteiger partial charge in [-0.25, -0.2) is 4.79 Å². The Bertz CT molecular complexity index is 1160. The minimum Gasteiger partial charge on any atom is -0.507 e. The molecule has 1 aromatic carbocycles. The number of phenols is 1. The van der Waals surface area contributed by atoms with Crippen LogP contribution in [0.25, 0.3) is 22.4 Å². The van der Waals surface area contributed by atoms with Crippen LogP contribution in [0.4, 0.5) is 10.6 Å². The number of rotatable bonds is 4. The maximum absolute atomic E-state index is 12.4. The van der Waals surface area contributed by atoms with Gasteiger partial charge >= 0.3 is 6.09 Å². The number of aromatic nitrogens is 4. The average Bonchev–Trinajstić information content (AvgIpc) is 3.28. The highest BCUT2D eigenvalue weighted by atomic mass is 16.6. The van der Waals surface area contributed by atoms with Crippen molar-refractivity contribution in [1.82, 2.24) is 24.9 Å². The van der Waals surface area contributed by atoms with Crippen molar-refractivity contribution >= 4 is 11.9 Å². The third-order valence-electron chi connectivity index (χ3n) is 6.21. The Morgan fingerprint density at radius 3 is 2.56 bits per heavy atom. The molecule has 3 N–H and O–H groups in total. The molecular weight excluding hydrogens is 432 g/mol. The molecule has 9 heteroatoms. The summed E-state index contributed by atoms with van der Waals surface area (Å²) >= 11 is 0. The summed E-state index contributed by atoms with van der Waals surface area (Å²) in [6, 6.07) is 8.97. The normalized spacial score (nSPS) is 15.8. The molecule has 0 aliphatic carbocycles. The van der Waals surface area contributed by atoms with E-state index in [2.05, 4.69) is 22.2 Å². The van der Waals surface area contributed by atoms with Crippen LogP contribution in [-0.4, -0.2) is 54.8 Å². The Balaban J connectivity index is 1.46. The highest BCUT2D eigenvalue weighted by Gasteiger charge is 2.30. The summed E-state index contributed by atoms with van der Waals surface area (Å²) in [5.74, 6) is 0.822. The minimum absolute atomic E-state index is 0.134. The van der Waals surface area contributed by atoms with Gasteiger partial charge in [-0.1, -0.05) is 12.1 Å². The fourth-order valence-electron chi connectivity index (χ4n) is 4.26. The van der Waals surface area contributed by atoms with E-state index in [0.29, 0.717) is 41.6 Å². The number of hydrogen-bond acceptors (Lipinski definition) is 7. The van der Waals surface area contributed by atoms with Gasteiger partial charge in [0.15, 0.2) is 5.82 Å². The molecule has 1 fully saturated rings. The minimum atomic E-state index is -0.491. The number of nitrogens with zero attached hydrogens (tertiary/aromatic N) is 5. The highest BCUT2D eigenvalue weighted by Crippen LogP contribution is 2.34. The Labute approximate surface area is 199 Å². The summed E-state index contributed by atoms with van der Waals surface area (Å²) in [6.45, 7) is 9.13. The van der Waals surface area contributed by atoms with E-state index in [-0.39, 0.29) is 17.9 Å². The molecule has 180 valence electrons. The molecule has 0 bridgehead atoms. The van der Waals surface area contributed by atoms with Crippen LogP contribution in [0.5, 0.6) is 5.75 Å². The molecule has 3 heterocycles. The molecule has 1 amide bonds. The smallest absolute Gasteiger partial charge is 0.410 e. The molecule has 1 atom stereocenters. The van der Waals surface area contributed by atoms with E-state index < -0.39 is 5.60 Å². The molecule has 0 saturated carbocycles. The van der Waals surface area contributed by atoms with E-state index in [1.165, 1.54) is 0 Å². The van der Waals surface area contributed by atoms with Gasteiger partial charge in [0.25, 0.3) is 0 Å². The molecule has 1 saturated heterocycles. The van der Waals surface area contributed by atoms with Crippen LogP contribution < -0.4 is 5.73 Å². The molecule has 1 aliphatic heterocycles. The number of hydrogen-bond donors (Lipinski definition) is 2. The van der Waals surface area contributed by atoms with Gasteiger partial charge in [-0.3, -0.25) is 4.68 Å². The lowest BCUT2D eigenvalue weighted by Gasteiger charge is -2.35. The van der Waals surface area contributed by atoms with Crippen LogP contribution in [-0.2, 0) is 4.74 Å². The lowest BCUT2D eigenvalue weighted by molar-refractivity contribution is 0.0163. The van der Waals surface area contributed by atoms with Gasteiger partial charge in [-0.05, 0) is 64.7 Å². The number of piperidine rings is 1. The number of carbonyl (C=O) groups excluding carboxylic acids is 1. The monoisotopic (exact) mass is 464 g/mol. The number of nitrogen functional groups attached to an aromatic ring is 1. The van der Waals surface area contributed by atoms with E-state index >= 15 is 0 Å². The maximum Gasteiger partial charge on any atom is 0.410 e. The van der Waals surface area contributed by atoms with Crippen LogP contribution >= 0.6 is 0 Å². The van der Waals surface area contributed by atoms with Crippen LogP contribution in [0.2, 0.25) is 0 Å². The fourth-order valence-corrected chi connectivity index (χ4v) is 4.26. The number of ether oxygens (including phenoxy) is 1. The molecule has 1 aliphatic rings. The lowest BCUT2D eigenvalue weighted by atomic mass is 9.90. The van der Waals surface area contributed by atoms with E-state index in [4.69, 9.17) is 10.5 Å². The van der Waals surface area contributed by atoms with Crippen LogP contribution in [0, 0.1) is 5.92 Å². The molecule has 34 heavy (non-hydrogen) atoms. The van der Waals surface area contributed by atoms with Gasteiger partial charge in [-0.2, -0.15) is 5.10 Å². The number of amides is 1. The highest BCUT2D eigenvalue weighted by molar-refractivity contribution is 5.78. The second-order valence-electron chi connectivity index (χ2n) is 9.80. The third-order valence-corrected chi connectivity index (χ3v) is 6.21. The summed E-state index contributed by atoms with van der Waals surface area (Å²) in [7, 11) is 0. The van der Waals surface area contributed by atoms with Gasteiger partial charge in [0, 0.05) is 36.0 Å². The predicted octanol–water partition coefficient (Wildman–Crippen LogP) is 4.50. The molecule has 0 spiro atoms. The van der Waals surface area contributed by atoms with E-state index in [9.17, 15) is 9.90 Å². The number of anilines is 1. The van der Waals surface area contributed by atoms with Gasteiger partial charge in [0.2, 0.25) is 0 Å². The second kappa shape index (κ2) is 9.32. The summed E-state index contributed by atoms with van der Waals surface area (Å²) in [5.41, 5.74) is 8.32. The summed E-state index contributed by atoms with van der Waals surface area (Å²) in [5, 5.41) is 23.0. The van der Waals surface area contributed by atoms with E-state index in [1.54, 1.807) is 29.3 Å². The van der Waals surface area contributed by atoms with E-state index in [1.807, 2.05) is 43.8 Å². The van der Waals surface area contributed by atoms with Crippen LogP contribution in [0.3, 0.4) is 0 Å². The zero-order valence-corrected chi connectivity index (χ0v) is 20.1. The van der Waals surface area contributed by atoms with Crippen molar-refractivity contribution in [2.75, 3.05) is 18.8 Å². The number of likely N-dealkylation sites (tertiary alicyclic amines) is 1. The van der Waals surface area contributed by atoms with Gasteiger partial charge < -0.3 is 20.5 Å². The molecule has 3 aromatic rings. The summed E-state index contributed by atoms with van der Waals surface area (Å²) < 4.78 is 7.45. The fraction of sp³-hybridized carbons (Fsp3) is 0.440. The van der Waals surface area contributed by atoms with Crippen molar-refractivity contribution in [2.24, 2.45) is 5.92 Å². The largest absolute Gasteiger partial charge is 0.507 e. The van der Waals surface area contributed by atoms with Crippen molar-refractivity contribution in [3.63, 3.8) is 0 Å². The topological polar surface area (TPSA) is 119 Å². The number of carbonyl (C=O) groups is 1. The van der Waals surface area contributed by atoms with Gasteiger partial charge in [0.05, 0.1) is 17.9 Å². The van der Waals surface area contributed by atoms with Gasteiger partial charge in [-0.15, -0.1) is 10.2 Å². The number of para-hydroxylation sites is 1. The quantitative estimate of drug-likeness (QED) is 0.583.